The minimum absolute atomic E-state index is 0.466. The Hall–Kier alpha value is -1.58. The molecule has 0 saturated heterocycles. The zero-order chi connectivity index (χ0) is 11.3. The number of hydrogen-bond donors (Lipinski definition) is 0. The maximum absolute atomic E-state index is 10.1. The van der Waals surface area contributed by atoms with E-state index in [-0.39, 0.29) is 0 Å². The summed E-state index contributed by atoms with van der Waals surface area (Å²) in [5.41, 5.74) is 2.22. The third kappa shape index (κ3) is 3.23. The lowest BCUT2D eigenvalue weighted by molar-refractivity contribution is 0.239. The average molecular weight is 208 g/mol. The first-order valence-electron chi connectivity index (χ1n) is 4.88. The Morgan fingerprint density at radius 3 is 2.47 bits per heavy atom. The van der Waals surface area contributed by atoms with Crippen LogP contribution in [0.15, 0.2) is 23.5 Å². The van der Waals surface area contributed by atoms with Crippen LogP contribution in [0.1, 0.15) is 11.1 Å². The van der Waals surface area contributed by atoms with E-state index in [1.54, 1.807) is 7.05 Å². The molecule has 1 aromatic rings. The summed E-state index contributed by atoms with van der Waals surface area (Å²) in [5.74, 6) is 0.900. The molecule has 0 aliphatic heterocycles. The summed E-state index contributed by atoms with van der Waals surface area (Å²) in [6.45, 7) is 4.97. The number of aryl methyl sites for hydroxylation is 2. The minimum Gasteiger partial charge on any atom is -0.491 e. The molecular weight excluding hydrogens is 192 g/mol. The van der Waals surface area contributed by atoms with Gasteiger partial charge >= 0.3 is 0 Å². The molecule has 0 radical (unpaired) electrons. The highest BCUT2D eigenvalue weighted by Gasteiger charge is 2.03. The molecule has 0 N–H and O–H groups in total. The predicted molar refractivity (Wildman–Crippen MR) is 59.8 cm³/mol. The van der Waals surface area contributed by atoms with Crippen LogP contribution < -0.4 is 4.74 Å². The number of benzene rings is 1. The van der Waals surface area contributed by atoms with Gasteiger partial charge < -0.3 is 4.74 Å². The van der Waals surface area contributed by atoms with Crippen LogP contribution in [0.2, 0.25) is 0 Å². The van der Waals surface area contributed by atoms with Gasteiger partial charge in [-0.2, -0.15) is 0 Å². The second-order valence-electron chi connectivity index (χ2n) is 3.53. The van der Waals surface area contributed by atoms with Crippen molar-refractivity contribution in [3.63, 3.8) is 0 Å². The van der Waals surface area contributed by atoms with Crippen LogP contribution in [-0.4, -0.2) is 25.2 Å². The molecule has 15 heavy (non-hydrogen) atoms. The van der Waals surface area contributed by atoms with E-state index < -0.39 is 0 Å². The Morgan fingerprint density at radius 2 is 1.93 bits per heavy atom. The first-order valence-corrected chi connectivity index (χ1v) is 4.88. The molecule has 0 saturated carbocycles. The van der Waals surface area contributed by atoms with Gasteiger partial charge in [-0.25, -0.2) is 0 Å². The molecule has 0 heterocycles. The summed E-state index contributed by atoms with van der Waals surface area (Å²) < 4.78 is 5.60. The Balaban J connectivity index is 2.54. The lowest BCUT2D eigenvalue weighted by atomic mass is 10.1. The second kappa shape index (κ2) is 5.34. The summed E-state index contributed by atoms with van der Waals surface area (Å²) in [6.07, 6.45) is 0. The molecule has 0 unspecified atom stereocenters. The zero-order valence-corrected chi connectivity index (χ0v) is 9.36. The number of rotatable bonds is 5. The van der Waals surface area contributed by atoms with Gasteiger partial charge in [0, 0.05) is 7.05 Å². The quantitative estimate of drug-likeness (QED) is 0.550. The molecule has 0 bridgehead atoms. The van der Waals surface area contributed by atoms with Crippen molar-refractivity contribution in [1.82, 2.24) is 5.01 Å². The minimum atomic E-state index is 0.466. The van der Waals surface area contributed by atoms with E-state index in [1.807, 2.05) is 32.0 Å². The molecule has 0 amide bonds. The van der Waals surface area contributed by atoms with Gasteiger partial charge in [0.1, 0.15) is 12.4 Å². The van der Waals surface area contributed by atoms with Crippen LogP contribution in [0.3, 0.4) is 0 Å². The molecule has 4 nitrogen and oxygen atoms in total. The van der Waals surface area contributed by atoms with E-state index in [0.717, 1.165) is 16.9 Å². The SMILES string of the molecule is Cc1cccc(C)c1OCCN(C)N=O. The Bertz CT molecular complexity index is 319. The number of nitrogens with zero attached hydrogens (tertiary/aromatic N) is 2. The highest BCUT2D eigenvalue weighted by atomic mass is 16.5. The first-order chi connectivity index (χ1) is 7.15. The molecule has 0 atom stereocenters. The highest BCUT2D eigenvalue weighted by Crippen LogP contribution is 2.21. The number of nitroso groups, excluding NO2 is 1. The molecule has 0 aliphatic rings. The fourth-order valence-electron chi connectivity index (χ4n) is 1.35. The summed E-state index contributed by atoms with van der Waals surface area (Å²) in [5, 5.41) is 4.08. The van der Waals surface area contributed by atoms with Crippen molar-refractivity contribution in [2.45, 2.75) is 13.8 Å². The van der Waals surface area contributed by atoms with Gasteiger partial charge in [0.05, 0.1) is 11.8 Å². The van der Waals surface area contributed by atoms with Crippen LogP contribution >= 0.6 is 0 Å². The van der Waals surface area contributed by atoms with Crippen molar-refractivity contribution in [3.05, 3.63) is 34.2 Å². The molecule has 0 fully saturated rings. The molecule has 1 rings (SSSR count). The van der Waals surface area contributed by atoms with Gasteiger partial charge in [0.25, 0.3) is 0 Å². The fraction of sp³-hybridized carbons (Fsp3) is 0.455. The first kappa shape index (κ1) is 11.5. The van der Waals surface area contributed by atoms with Crippen molar-refractivity contribution in [2.24, 2.45) is 5.29 Å². The van der Waals surface area contributed by atoms with E-state index in [2.05, 4.69) is 5.29 Å². The normalized spacial score (nSPS) is 9.80. The molecular formula is C11H16N2O2. The van der Waals surface area contributed by atoms with Crippen molar-refractivity contribution in [1.29, 1.82) is 0 Å². The predicted octanol–water partition coefficient (Wildman–Crippen LogP) is 2.30. The maximum Gasteiger partial charge on any atom is 0.125 e. The third-order valence-electron chi connectivity index (χ3n) is 2.21. The van der Waals surface area contributed by atoms with Gasteiger partial charge in [-0.05, 0) is 25.0 Å². The van der Waals surface area contributed by atoms with Crippen molar-refractivity contribution in [2.75, 3.05) is 20.2 Å². The summed E-state index contributed by atoms with van der Waals surface area (Å²) in [7, 11) is 1.63. The van der Waals surface area contributed by atoms with E-state index in [9.17, 15) is 4.91 Å². The fourth-order valence-corrected chi connectivity index (χ4v) is 1.35. The maximum atomic E-state index is 10.1. The third-order valence-corrected chi connectivity index (χ3v) is 2.21. The van der Waals surface area contributed by atoms with Crippen LogP contribution in [0.5, 0.6) is 5.75 Å². The largest absolute Gasteiger partial charge is 0.491 e. The van der Waals surface area contributed by atoms with Crippen molar-refractivity contribution < 1.29 is 4.74 Å². The molecule has 82 valence electrons. The van der Waals surface area contributed by atoms with Gasteiger partial charge in [-0.15, -0.1) is 4.91 Å². The van der Waals surface area contributed by atoms with E-state index in [0.29, 0.717) is 13.2 Å². The van der Waals surface area contributed by atoms with Crippen LogP contribution in [0.4, 0.5) is 0 Å². The lowest BCUT2D eigenvalue weighted by Crippen LogP contribution is -2.18. The average Bonchev–Trinajstić information content (AvgIpc) is 2.22. The molecule has 0 aromatic heterocycles. The van der Waals surface area contributed by atoms with E-state index in [1.165, 1.54) is 5.01 Å². The summed E-state index contributed by atoms with van der Waals surface area (Å²) >= 11 is 0. The van der Waals surface area contributed by atoms with Crippen LogP contribution in [0, 0.1) is 18.8 Å². The number of para-hydroxylation sites is 1. The van der Waals surface area contributed by atoms with E-state index >= 15 is 0 Å². The smallest absolute Gasteiger partial charge is 0.125 e. The van der Waals surface area contributed by atoms with Gasteiger partial charge in [0.2, 0.25) is 0 Å². The number of ether oxygens (including phenoxy) is 1. The number of likely N-dealkylation sites (N-methyl/N-ethyl adjacent to an activating group) is 1. The molecule has 0 spiro atoms. The van der Waals surface area contributed by atoms with Gasteiger partial charge in [-0.1, -0.05) is 18.2 Å². The Kier molecular flexibility index (Phi) is 4.09. The van der Waals surface area contributed by atoms with Crippen molar-refractivity contribution >= 4 is 0 Å². The monoisotopic (exact) mass is 208 g/mol. The van der Waals surface area contributed by atoms with Gasteiger partial charge in [0.15, 0.2) is 0 Å². The number of hydrogen-bond acceptors (Lipinski definition) is 3. The lowest BCUT2D eigenvalue weighted by Gasteiger charge is -2.13. The standard InChI is InChI=1S/C11H16N2O2/c1-9-5-4-6-10(2)11(9)15-8-7-13(3)12-14/h4-6H,7-8H2,1-3H3. The molecule has 0 aliphatic carbocycles. The Morgan fingerprint density at radius 1 is 1.33 bits per heavy atom. The molecule has 1 aromatic carbocycles. The van der Waals surface area contributed by atoms with E-state index in [4.69, 9.17) is 4.74 Å². The van der Waals surface area contributed by atoms with Crippen LogP contribution in [0.25, 0.3) is 0 Å². The van der Waals surface area contributed by atoms with Crippen LogP contribution in [-0.2, 0) is 0 Å². The topological polar surface area (TPSA) is 41.9 Å². The molecule has 4 heteroatoms. The van der Waals surface area contributed by atoms with Crippen molar-refractivity contribution in [3.8, 4) is 5.75 Å². The Labute approximate surface area is 89.8 Å². The van der Waals surface area contributed by atoms with Gasteiger partial charge in [-0.3, -0.25) is 5.01 Å². The summed E-state index contributed by atoms with van der Waals surface area (Å²) in [4.78, 5) is 10.1. The zero-order valence-electron chi connectivity index (χ0n) is 9.36. The second-order valence-corrected chi connectivity index (χ2v) is 3.53. The summed E-state index contributed by atoms with van der Waals surface area (Å²) in [6, 6.07) is 6.00. The highest BCUT2D eigenvalue weighted by molar-refractivity contribution is 5.39.